The second kappa shape index (κ2) is 3.76. The van der Waals surface area contributed by atoms with E-state index in [0.29, 0.717) is 0 Å². The first kappa shape index (κ1) is 9.76. The van der Waals surface area contributed by atoms with Gasteiger partial charge in [-0.1, -0.05) is 6.07 Å². The van der Waals surface area contributed by atoms with Gasteiger partial charge >= 0.3 is 0 Å². The summed E-state index contributed by atoms with van der Waals surface area (Å²) in [7, 11) is 0. The van der Waals surface area contributed by atoms with Gasteiger partial charge < -0.3 is 5.11 Å². The molecule has 0 fully saturated rings. The number of aliphatic hydroxyl groups is 1. The summed E-state index contributed by atoms with van der Waals surface area (Å²) < 4.78 is 2.36. The highest BCUT2D eigenvalue weighted by atomic mass is 127. The number of thiophene rings is 1. The van der Waals surface area contributed by atoms with E-state index in [1.807, 2.05) is 18.2 Å². The van der Waals surface area contributed by atoms with Gasteiger partial charge in [0.25, 0.3) is 0 Å². The van der Waals surface area contributed by atoms with E-state index >= 15 is 0 Å². The molecular weight excluding hydrogens is 315 g/mol. The standard InChI is InChI=1S/C9H7IOS2/c10-9-7(4-11)6-2-1-5(12)3-8(6)13-9/h1-3,11-12H,4H2. The number of hydrogen-bond donors (Lipinski definition) is 2. The van der Waals surface area contributed by atoms with Crippen molar-refractivity contribution in [2.75, 3.05) is 0 Å². The van der Waals surface area contributed by atoms with Crippen molar-refractivity contribution in [1.82, 2.24) is 0 Å². The molecule has 0 bridgehead atoms. The fourth-order valence-corrected chi connectivity index (χ4v) is 3.70. The maximum Gasteiger partial charge on any atom is 0.0721 e. The van der Waals surface area contributed by atoms with Gasteiger partial charge in [0.05, 0.1) is 9.49 Å². The van der Waals surface area contributed by atoms with Gasteiger partial charge in [0.2, 0.25) is 0 Å². The Labute approximate surface area is 99.3 Å². The number of rotatable bonds is 1. The molecule has 1 nitrogen and oxygen atoms in total. The van der Waals surface area contributed by atoms with Crippen LogP contribution < -0.4 is 0 Å². The van der Waals surface area contributed by atoms with E-state index in [4.69, 9.17) is 5.11 Å². The number of halogens is 1. The molecule has 1 N–H and O–H groups in total. The van der Waals surface area contributed by atoms with Crippen LogP contribution in [0.25, 0.3) is 10.1 Å². The first-order chi connectivity index (χ1) is 6.22. The molecule has 0 saturated carbocycles. The minimum Gasteiger partial charge on any atom is -0.392 e. The molecule has 2 rings (SSSR count). The first-order valence-corrected chi connectivity index (χ1v) is 6.07. The van der Waals surface area contributed by atoms with Crippen molar-refractivity contribution in [3.05, 3.63) is 26.6 Å². The predicted molar refractivity (Wildman–Crippen MR) is 67.7 cm³/mol. The molecule has 0 spiro atoms. The smallest absolute Gasteiger partial charge is 0.0721 e. The van der Waals surface area contributed by atoms with Crippen molar-refractivity contribution in [2.45, 2.75) is 11.5 Å². The molecule has 0 saturated heterocycles. The van der Waals surface area contributed by atoms with Gasteiger partial charge in [0.1, 0.15) is 0 Å². The Kier molecular flexibility index (Phi) is 2.83. The quantitative estimate of drug-likeness (QED) is 0.610. The van der Waals surface area contributed by atoms with Crippen molar-refractivity contribution in [1.29, 1.82) is 0 Å². The Morgan fingerprint density at radius 2 is 2.23 bits per heavy atom. The summed E-state index contributed by atoms with van der Waals surface area (Å²) in [5, 5.41) is 10.3. The van der Waals surface area contributed by atoms with Crippen molar-refractivity contribution >= 4 is 56.6 Å². The lowest BCUT2D eigenvalue weighted by Crippen LogP contribution is -1.81. The number of aliphatic hydroxyl groups excluding tert-OH is 1. The molecule has 13 heavy (non-hydrogen) atoms. The third-order valence-electron chi connectivity index (χ3n) is 1.89. The molecule has 0 aliphatic rings. The lowest BCUT2D eigenvalue weighted by atomic mass is 10.2. The minimum absolute atomic E-state index is 0.115. The molecular formula is C9H7IOS2. The highest BCUT2D eigenvalue weighted by Crippen LogP contribution is 2.33. The maximum absolute atomic E-state index is 9.16. The number of hydrogen-bond acceptors (Lipinski definition) is 3. The summed E-state index contributed by atoms with van der Waals surface area (Å²) in [4.78, 5) is 0.967. The summed E-state index contributed by atoms with van der Waals surface area (Å²) in [6.07, 6.45) is 0. The highest BCUT2D eigenvalue weighted by Gasteiger charge is 2.08. The first-order valence-electron chi connectivity index (χ1n) is 3.73. The molecule has 0 amide bonds. The number of fused-ring (bicyclic) bond motifs is 1. The van der Waals surface area contributed by atoms with E-state index in [0.717, 1.165) is 18.7 Å². The lowest BCUT2D eigenvalue weighted by Gasteiger charge is -1.94. The molecule has 1 heterocycles. The normalized spacial score (nSPS) is 11.0. The third-order valence-corrected chi connectivity index (χ3v) is 4.46. The summed E-state index contributed by atoms with van der Waals surface area (Å²) >= 11 is 8.23. The fraction of sp³-hybridized carbons (Fsp3) is 0.111. The third kappa shape index (κ3) is 1.72. The summed E-state index contributed by atoms with van der Waals surface area (Å²) in [6.45, 7) is 0.115. The van der Waals surface area contributed by atoms with Crippen LogP contribution in [0.15, 0.2) is 23.1 Å². The Bertz CT molecular complexity index is 450. The summed E-state index contributed by atoms with van der Waals surface area (Å²) in [6, 6.07) is 6.00. The molecule has 68 valence electrons. The fourth-order valence-electron chi connectivity index (χ4n) is 1.26. The van der Waals surface area contributed by atoms with E-state index in [2.05, 4.69) is 35.2 Å². The van der Waals surface area contributed by atoms with Crippen molar-refractivity contribution in [3.8, 4) is 0 Å². The van der Waals surface area contributed by atoms with E-state index < -0.39 is 0 Å². The van der Waals surface area contributed by atoms with Gasteiger partial charge in [-0.2, -0.15) is 0 Å². The van der Waals surface area contributed by atoms with Crippen LogP contribution >= 0.6 is 46.6 Å². The summed E-state index contributed by atoms with van der Waals surface area (Å²) in [5.74, 6) is 0. The van der Waals surface area contributed by atoms with Gasteiger partial charge in [-0.05, 0) is 40.1 Å². The molecule has 0 unspecified atom stereocenters. The van der Waals surface area contributed by atoms with Crippen LogP contribution in [0.2, 0.25) is 0 Å². The van der Waals surface area contributed by atoms with E-state index in [-0.39, 0.29) is 6.61 Å². The van der Waals surface area contributed by atoms with Crippen LogP contribution in [0.3, 0.4) is 0 Å². The van der Waals surface area contributed by atoms with Gasteiger partial charge in [-0.15, -0.1) is 24.0 Å². The van der Waals surface area contributed by atoms with Gasteiger partial charge in [-0.25, -0.2) is 0 Å². The van der Waals surface area contributed by atoms with Crippen LogP contribution in [-0.2, 0) is 6.61 Å². The van der Waals surface area contributed by atoms with Crippen LogP contribution in [0.4, 0.5) is 0 Å². The largest absolute Gasteiger partial charge is 0.392 e. The summed E-state index contributed by atoms with van der Waals surface area (Å²) in [5.41, 5.74) is 1.04. The topological polar surface area (TPSA) is 20.2 Å². The Morgan fingerprint density at radius 3 is 2.92 bits per heavy atom. The number of thiol groups is 1. The SMILES string of the molecule is OCc1c(I)sc2cc(S)ccc12. The minimum atomic E-state index is 0.115. The zero-order valence-electron chi connectivity index (χ0n) is 6.62. The van der Waals surface area contributed by atoms with E-state index in [1.54, 1.807) is 11.3 Å². The van der Waals surface area contributed by atoms with Crippen LogP contribution in [0, 0.1) is 2.88 Å². The molecule has 1 aromatic carbocycles. The molecule has 1 aromatic heterocycles. The molecule has 0 aliphatic heterocycles. The van der Waals surface area contributed by atoms with Crippen molar-refractivity contribution < 1.29 is 5.11 Å². The monoisotopic (exact) mass is 322 g/mol. The van der Waals surface area contributed by atoms with Crippen molar-refractivity contribution in [2.24, 2.45) is 0 Å². The average Bonchev–Trinajstić information content (AvgIpc) is 2.39. The van der Waals surface area contributed by atoms with Gasteiger partial charge in [0, 0.05) is 15.2 Å². The predicted octanol–water partition coefficient (Wildman–Crippen LogP) is 3.29. The van der Waals surface area contributed by atoms with E-state index in [9.17, 15) is 0 Å². The van der Waals surface area contributed by atoms with Crippen molar-refractivity contribution in [3.63, 3.8) is 0 Å². The second-order valence-corrected chi connectivity index (χ2v) is 6.07. The van der Waals surface area contributed by atoms with Crippen LogP contribution in [0.1, 0.15) is 5.56 Å². The zero-order valence-corrected chi connectivity index (χ0v) is 10.5. The van der Waals surface area contributed by atoms with Crippen LogP contribution in [0.5, 0.6) is 0 Å². The average molecular weight is 322 g/mol. The Balaban J connectivity index is 2.79. The zero-order chi connectivity index (χ0) is 9.42. The maximum atomic E-state index is 9.16. The Hall–Kier alpha value is 0.220. The molecule has 0 aliphatic carbocycles. The van der Waals surface area contributed by atoms with Crippen LogP contribution in [-0.4, -0.2) is 5.11 Å². The number of benzene rings is 1. The Morgan fingerprint density at radius 1 is 1.46 bits per heavy atom. The highest BCUT2D eigenvalue weighted by molar-refractivity contribution is 14.1. The molecule has 2 aromatic rings. The molecule has 4 heteroatoms. The van der Waals surface area contributed by atoms with Gasteiger partial charge in [0.15, 0.2) is 0 Å². The second-order valence-electron chi connectivity index (χ2n) is 2.69. The molecule has 0 radical (unpaired) electrons. The van der Waals surface area contributed by atoms with Gasteiger partial charge in [-0.3, -0.25) is 0 Å². The molecule has 0 atom stereocenters. The van der Waals surface area contributed by atoms with E-state index in [1.165, 1.54) is 4.70 Å². The lowest BCUT2D eigenvalue weighted by molar-refractivity contribution is 0.283.